The molecule has 4 aromatic carbocycles. The number of phenolic OH excluding ortho intramolecular Hbond substituents is 4. The van der Waals surface area contributed by atoms with Gasteiger partial charge in [0.2, 0.25) is 0 Å². The molecule has 0 aliphatic carbocycles. The van der Waals surface area contributed by atoms with Gasteiger partial charge in [-0.05, 0) is 97.1 Å². The lowest BCUT2D eigenvalue weighted by Gasteiger charge is -2.05. The second-order valence-electron chi connectivity index (χ2n) is 6.18. The molecule has 152 valence electrons. The average molecular weight is 404 g/mol. The van der Waals surface area contributed by atoms with Crippen LogP contribution in [0.4, 0.5) is 0 Å². The third-order valence-electron chi connectivity index (χ3n) is 3.82. The van der Waals surface area contributed by atoms with Gasteiger partial charge in [0.25, 0.3) is 0 Å². The maximum Gasteiger partial charge on any atom is 0.127 e. The molecule has 6 nitrogen and oxygen atoms in total. The monoisotopic (exact) mass is 404 g/mol. The lowest BCUT2D eigenvalue weighted by Crippen LogP contribution is -1.82. The molecule has 6 heteroatoms. The van der Waals surface area contributed by atoms with Crippen molar-refractivity contribution in [2.24, 2.45) is 0 Å². The van der Waals surface area contributed by atoms with Crippen molar-refractivity contribution in [2.45, 2.75) is 0 Å². The third kappa shape index (κ3) is 6.38. The van der Waals surface area contributed by atoms with E-state index < -0.39 is 0 Å². The second kappa shape index (κ2) is 9.75. The van der Waals surface area contributed by atoms with Crippen LogP contribution in [0.2, 0.25) is 0 Å². The smallest absolute Gasteiger partial charge is 0.127 e. The van der Waals surface area contributed by atoms with Crippen LogP contribution >= 0.6 is 0 Å². The molecule has 0 heterocycles. The van der Waals surface area contributed by atoms with Gasteiger partial charge in [-0.25, -0.2) is 0 Å². The van der Waals surface area contributed by atoms with Crippen LogP contribution in [0, 0.1) is 0 Å². The highest BCUT2D eigenvalue weighted by molar-refractivity contribution is 5.38. The Morgan fingerprint density at radius 2 is 0.467 bits per heavy atom. The molecule has 4 N–H and O–H groups in total. The highest BCUT2D eigenvalue weighted by atomic mass is 16.5. The van der Waals surface area contributed by atoms with Gasteiger partial charge in [-0.3, -0.25) is 0 Å². The van der Waals surface area contributed by atoms with Crippen LogP contribution < -0.4 is 9.47 Å². The summed E-state index contributed by atoms with van der Waals surface area (Å²) >= 11 is 0. The summed E-state index contributed by atoms with van der Waals surface area (Å²) < 4.78 is 10.9. The summed E-state index contributed by atoms with van der Waals surface area (Å²) in [7, 11) is 0. The van der Waals surface area contributed by atoms with E-state index in [0.29, 0.717) is 23.0 Å². The molecule has 0 spiro atoms. The van der Waals surface area contributed by atoms with Crippen molar-refractivity contribution in [3.8, 4) is 46.0 Å². The van der Waals surface area contributed by atoms with Crippen LogP contribution in [0.1, 0.15) is 0 Å². The largest absolute Gasteiger partial charge is 0.508 e. The molecular formula is C24H20O6. The van der Waals surface area contributed by atoms with Crippen molar-refractivity contribution in [1.82, 2.24) is 0 Å². The van der Waals surface area contributed by atoms with Crippen molar-refractivity contribution < 1.29 is 29.9 Å². The first-order valence-corrected chi connectivity index (χ1v) is 9.00. The van der Waals surface area contributed by atoms with Crippen molar-refractivity contribution in [3.63, 3.8) is 0 Å². The van der Waals surface area contributed by atoms with Gasteiger partial charge in [-0.1, -0.05) is 0 Å². The van der Waals surface area contributed by atoms with Gasteiger partial charge in [-0.2, -0.15) is 0 Å². The minimum absolute atomic E-state index is 0.202. The predicted octanol–water partition coefficient (Wildman–Crippen LogP) is 5.78. The lowest BCUT2D eigenvalue weighted by atomic mass is 10.3. The first-order valence-electron chi connectivity index (χ1n) is 9.00. The average Bonchev–Trinajstić information content (AvgIpc) is 2.75. The zero-order valence-electron chi connectivity index (χ0n) is 15.8. The standard InChI is InChI=1S/2C12H10O3/c2*13-9-1-5-11(6-2-9)15-12-7-3-10(14)4-8-12/h2*1-8,13-14H. The lowest BCUT2D eigenvalue weighted by molar-refractivity contribution is 0.459. The fourth-order valence-electron chi connectivity index (χ4n) is 2.33. The summed E-state index contributed by atoms with van der Waals surface area (Å²) in [6.07, 6.45) is 0. The van der Waals surface area contributed by atoms with Crippen LogP contribution in [-0.4, -0.2) is 20.4 Å². The van der Waals surface area contributed by atoms with Crippen LogP contribution in [0.25, 0.3) is 0 Å². The number of hydrogen-bond acceptors (Lipinski definition) is 6. The SMILES string of the molecule is Oc1ccc(Oc2ccc(O)cc2)cc1.Oc1ccc(Oc2ccc(O)cc2)cc1. The van der Waals surface area contributed by atoms with E-state index >= 15 is 0 Å². The Morgan fingerprint density at radius 1 is 0.300 bits per heavy atom. The van der Waals surface area contributed by atoms with Gasteiger partial charge < -0.3 is 29.9 Å². The maximum atomic E-state index is 9.07. The van der Waals surface area contributed by atoms with Gasteiger partial charge in [0, 0.05) is 0 Å². The molecule has 0 saturated heterocycles. The quantitative estimate of drug-likeness (QED) is 0.344. The minimum atomic E-state index is 0.202. The first kappa shape index (κ1) is 20.4. The van der Waals surface area contributed by atoms with Crippen molar-refractivity contribution in [3.05, 3.63) is 97.1 Å². The number of ether oxygens (including phenoxy) is 2. The van der Waals surface area contributed by atoms with Crippen LogP contribution in [0.5, 0.6) is 46.0 Å². The Balaban J connectivity index is 0.000000171. The molecule has 0 bridgehead atoms. The van der Waals surface area contributed by atoms with Gasteiger partial charge >= 0.3 is 0 Å². The molecule has 0 atom stereocenters. The molecule has 0 radical (unpaired) electrons. The third-order valence-corrected chi connectivity index (χ3v) is 3.82. The van der Waals surface area contributed by atoms with Crippen LogP contribution in [0.15, 0.2) is 97.1 Å². The predicted molar refractivity (Wildman–Crippen MR) is 113 cm³/mol. The van der Waals surface area contributed by atoms with E-state index in [9.17, 15) is 0 Å². The molecule has 0 aliphatic heterocycles. The van der Waals surface area contributed by atoms with Gasteiger partial charge in [0.15, 0.2) is 0 Å². The Labute approximate surface area is 173 Å². The van der Waals surface area contributed by atoms with Crippen LogP contribution in [-0.2, 0) is 0 Å². The summed E-state index contributed by atoms with van der Waals surface area (Å²) in [6.45, 7) is 0. The summed E-state index contributed by atoms with van der Waals surface area (Å²) in [5.41, 5.74) is 0. The fourth-order valence-corrected chi connectivity index (χ4v) is 2.33. The van der Waals surface area contributed by atoms with Crippen molar-refractivity contribution >= 4 is 0 Å². The molecular weight excluding hydrogens is 384 g/mol. The number of benzene rings is 4. The highest BCUT2D eigenvalue weighted by Gasteiger charge is 1.98. The zero-order chi connectivity index (χ0) is 21.3. The minimum Gasteiger partial charge on any atom is -0.508 e. The van der Waals surface area contributed by atoms with E-state index in [0.717, 1.165) is 0 Å². The summed E-state index contributed by atoms with van der Waals surface area (Å²) in [4.78, 5) is 0. The first-order chi connectivity index (χ1) is 14.5. The molecule has 0 fully saturated rings. The topological polar surface area (TPSA) is 99.4 Å². The van der Waals surface area contributed by atoms with Gasteiger partial charge in [-0.15, -0.1) is 0 Å². The summed E-state index contributed by atoms with van der Waals surface area (Å²) in [5, 5.41) is 36.3. The van der Waals surface area contributed by atoms with E-state index in [1.165, 1.54) is 0 Å². The number of aromatic hydroxyl groups is 4. The van der Waals surface area contributed by atoms with E-state index in [2.05, 4.69) is 0 Å². The molecule has 0 saturated carbocycles. The Kier molecular flexibility index (Phi) is 6.63. The number of rotatable bonds is 4. The van der Waals surface area contributed by atoms with E-state index in [-0.39, 0.29) is 23.0 Å². The van der Waals surface area contributed by atoms with Gasteiger partial charge in [0.1, 0.15) is 46.0 Å². The van der Waals surface area contributed by atoms with Crippen molar-refractivity contribution in [1.29, 1.82) is 0 Å². The normalized spacial score (nSPS) is 9.87. The zero-order valence-corrected chi connectivity index (χ0v) is 15.8. The second-order valence-corrected chi connectivity index (χ2v) is 6.18. The van der Waals surface area contributed by atoms with Crippen molar-refractivity contribution in [2.75, 3.05) is 0 Å². The van der Waals surface area contributed by atoms with E-state index in [4.69, 9.17) is 29.9 Å². The van der Waals surface area contributed by atoms with E-state index in [1.54, 1.807) is 97.1 Å². The highest BCUT2D eigenvalue weighted by Crippen LogP contribution is 2.25. The molecule has 0 aromatic heterocycles. The van der Waals surface area contributed by atoms with Crippen LogP contribution in [0.3, 0.4) is 0 Å². The molecule has 0 unspecified atom stereocenters. The summed E-state index contributed by atoms with van der Waals surface area (Å²) in [6, 6.07) is 25.8. The van der Waals surface area contributed by atoms with E-state index in [1.807, 2.05) is 0 Å². The van der Waals surface area contributed by atoms with Gasteiger partial charge in [0.05, 0.1) is 0 Å². The number of hydrogen-bond donors (Lipinski definition) is 4. The Morgan fingerprint density at radius 3 is 0.633 bits per heavy atom. The molecule has 4 rings (SSSR count). The molecule has 0 amide bonds. The fraction of sp³-hybridized carbons (Fsp3) is 0. The Hall–Kier alpha value is -4.32. The maximum absolute atomic E-state index is 9.07. The number of phenols is 4. The molecule has 30 heavy (non-hydrogen) atoms. The summed E-state index contributed by atoms with van der Waals surface area (Å²) in [5.74, 6) is 3.36. The molecule has 0 aliphatic rings. The molecule has 4 aromatic rings. The Bertz CT molecular complexity index is 865.